The molecule has 1 aliphatic rings. The van der Waals surface area contributed by atoms with Gasteiger partial charge in [-0.2, -0.15) is 4.98 Å². The number of halogens is 1. The van der Waals surface area contributed by atoms with E-state index >= 15 is 0 Å². The normalized spacial score (nSPS) is 13.0. The Morgan fingerprint density at radius 2 is 1.97 bits per heavy atom. The van der Waals surface area contributed by atoms with Crippen molar-refractivity contribution < 1.29 is 9.18 Å². The van der Waals surface area contributed by atoms with Crippen LogP contribution in [0.5, 0.6) is 0 Å². The lowest BCUT2D eigenvalue weighted by molar-refractivity contribution is -0.114. The lowest BCUT2D eigenvalue weighted by atomic mass is 10.00. The Morgan fingerprint density at radius 3 is 2.79 bits per heavy atom. The lowest BCUT2D eigenvalue weighted by Crippen LogP contribution is -2.32. The molecule has 2 heterocycles. The highest BCUT2D eigenvalue weighted by Crippen LogP contribution is 2.27. The van der Waals surface area contributed by atoms with E-state index in [1.165, 1.54) is 19.3 Å². The molecule has 1 aromatic heterocycles. The van der Waals surface area contributed by atoms with Crippen LogP contribution in [0.15, 0.2) is 42.7 Å². The Hall–Kier alpha value is -3.55. The first-order chi connectivity index (χ1) is 14.0. The number of hydrogen-bond acceptors (Lipinski definition) is 6. The molecule has 29 heavy (non-hydrogen) atoms. The summed E-state index contributed by atoms with van der Waals surface area (Å²) < 4.78 is 13.4. The number of carbonyl (C=O) groups excluding carboxylic acids is 1. The molecule has 8 heteroatoms. The lowest BCUT2D eigenvalue weighted by Gasteiger charge is -2.28. The molecule has 2 aromatic carbocycles. The quantitative estimate of drug-likeness (QED) is 0.706. The number of amides is 1. The Morgan fingerprint density at radius 1 is 1.14 bits per heavy atom. The molecule has 0 unspecified atom stereocenters. The number of nitrogens with zero attached hydrogens (tertiary/aromatic N) is 4. The van der Waals surface area contributed by atoms with E-state index in [0.717, 1.165) is 34.5 Å². The van der Waals surface area contributed by atoms with E-state index in [1.54, 1.807) is 6.07 Å². The Balaban J connectivity index is 1.54. The fourth-order valence-electron chi connectivity index (χ4n) is 3.41. The third-order valence-electron chi connectivity index (χ3n) is 4.91. The van der Waals surface area contributed by atoms with E-state index in [-0.39, 0.29) is 11.7 Å². The van der Waals surface area contributed by atoms with Gasteiger partial charge in [0.1, 0.15) is 12.1 Å². The van der Waals surface area contributed by atoms with Crippen molar-refractivity contribution in [3.05, 3.63) is 65.2 Å². The SMILES string of the molecule is CC(=O)Nc1cccc(Nc2ncnc(N3CCc4cc(F)ccc4C3)n2)c1C. The van der Waals surface area contributed by atoms with Gasteiger partial charge in [-0.15, -0.1) is 0 Å². The predicted molar refractivity (Wildman–Crippen MR) is 110 cm³/mol. The summed E-state index contributed by atoms with van der Waals surface area (Å²) in [5.74, 6) is 0.648. The van der Waals surface area contributed by atoms with Gasteiger partial charge in [-0.05, 0) is 54.3 Å². The molecule has 7 nitrogen and oxygen atoms in total. The number of carbonyl (C=O) groups is 1. The number of nitrogens with one attached hydrogen (secondary N) is 2. The van der Waals surface area contributed by atoms with Gasteiger partial charge < -0.3 is 15.5 Å². The van der Waals surface area contributed by atoms with Gasteiger partial charge in [-0.1, -0.05) is 12.1 Å². The van der Waals surface area contributed by atoms with Gasteiger partial charge in [0.15, 0.2) is 0 Å². The van der Waals surface area contributed by atoms with Crippen molar-refractivity contribution in [2.75, 3.05) is 22.1 Å². The second kappa shape index (κ2) is 7.83. The molecular weight excluding hydrogens is 371 g/mol. The van der Waals surface area contributed by atoms with Crippen LogP contribution in [0.1, 0.15) is 23.6 Å². The van der Waals surface area contributed by atoms with Crippen molar-refractivity contribution in [2.45, 2.75) is 26.8 Å². The standard InChI is InChI=1S/C21H21FN6O/c1-13-18(25-14(2)29)4-3-5-19(13)26-20-23-12-24-21(27-20)28-9-8-15-10-17(22)7-6-16(15)11-28/h3-7,10,12H,8-9,11H2,1-2H3,(H,25,29)(H,23,24,26,27). The summed E-state index contributed by atoms with van der Waals surface area (Å²) in [6, 6.07) is 10.5. The van der Waals surface area contributed by atoms with E-state index in [4.69, 9.17) is 0 Å². The average molecular weight is 392 g/mol. The van der Waals surface area contributed by atoms with Crippen LogP contribution < -0.4 is 15.5 Å². The largest absolute Gasteiger partial charge is 0.336 e. The smallest absolute Gasteiger partial charge is 0.232 e. The number of rotatable bonds is 4. The first-order valence-corrected chi connectivity index (χ1v) is 9.35. The maximum atomic E-state index is 13.4. The van der Waals surface area contributed by atoms with Crippen LogP contribution in [-0.4, -0.2) is 27.4 Å². The predicted octanol–water partition coefficient (Wildman–Crippen LogP) is 3.58. The van der Waals surface area contributed by atoms with Gasteiger partial charge in [0, 0.05) is 31.4 Å². The molecule has 0 fully saturated rings. The highest BCUT2D eigenvalue weighted by atomic mass is 19.1. The molecule has 0 bridgehead atoms. The zero-order chi connectivity index (χ0) is 20.4. The van der Waals surface area contributed by atoms with Gasteiger partial charge in [-0.25, -0.2) is 14.4 Å². The van der Waals surface area contributed by atoms with E-state index < -0.39 is 0 Å². The summed E-state index contributed by atoms with van der Waals surface area (Å²) in [6.07, 6.45) is 2.21. The second-order valence-electron chi connectivity index (χ2n) is 6.98. The van der Waals surface area contributed by atoms with E-state index in [1.807, 2.05) is 36.1 Å². The summed E-state index contributed by atoms with van der Waals surface area (Å²) in [5, 5.41) is 6.01. The number of hydrogen-bond donors (Lipinski definition) is 2. The number of benzene rings is 2. The third-order valence-corrected chi connectivity index (χ3v) is 4.91. The molecule has 3 aromatic rings. The van der Waals surface area contributed by atoms with Gasteiger partial charge in [0.05, 0.1) is 0 Å². The molecule has 4 rings (SSSR count). The minimum atomic E-state index is -0.208. The number of fused-ring (bicyclic) bond motifs is 1. The van der Waals surface area contributed by atoms with Crippen molar-refractivity contribution in [1.82, 2.24) is 15.0 Å². The van der Waals surface area contributed by atoms with Crippen LogP contribution in [0.3, 0.4) is 0 Å². The highest BCUT2D eigenvalue weighted by molar-refractivity contribution is 5.90. The zero-order valence-corrected chi connectivity index (χ0v) is 16.2. The summed E-state index contributed by atoms with van der Waals surface area (Å²) >= 11 is 0. The number of anilines is 4. The zero-order valence-electron chi connectivity index (χ0n) is 16.2. The van der Waals surface area contributed by atoms with Crippen LogP contribution >= 0.6 is 0 Å². The van der Waals surface area contributed by atoms with Crippen LogP contribution in [0, 0.1) is 12.7 Å². The van der Waals surface area contributed by atoms with Crippen molar-refractivity contribution in [1.29, 1.82) is 0 Å². The Labute approximate surface area is 168 Å². The second-order valence-corrected chi connectivity index (χ2v) is 6.98. The summed E-state index contributed by atoms with van der Waals surface area (Å²) in [5.41, 5.74) is 4.52. The Kier molecular flexibility index (Phi) is 5.07. The van der Waals surface area contributed by atoms with Gasteiger partial charge in [-0.3, -0.25) is 4.79 Å². The third kappa shape index (κ3) is 4.16. The van der Waals surface area contributed by atoms with E-state index in [9.17, 15) is 9.18 Å². The first-order valence-electron chi connectivity index (χ1n) is 9.35. The molecule has 148 valence electrons. The van der Waals surface area contributed by atoms with Crippen LogP contribution in [0.2, 0.25) is 0 Å². The number of aromatic nitrogens is 3. The average Bonchev–Trinajstić information content (AvgIpc) is 2.70. The van der Waals surface area contributed by atoms with Crippen molar-refractivity contribution in [3.8, 4) is 0 Å². The van der Waals surface area contributed by atoms with Gasteiger partial charge in [0.25, 0.3) is 0 Å². The minimum absolute atomic E-state index is 0.127. The van der Waals surface area contributed by atoms with Crippen molar-refractivity contribution in [2.24, 2.45) is 0 Å². The van der Waals surface area contributed by atoms with Gasteiger partial charge in [0.2, 0.25) is 17.8 Å². The summed E-state index contributed by atoms with van der Waals surface area (Å²) in [6.45, 7) is 4.71. The first kappa shape index (κ1) is 18.8. The molecule has 1 amide bonds. The van der Waals surface area contributed by atoms with Crippen LogP contribution in [-0.2, 0) is 17.8 Å². The van der Waals surface area contributed by atoms with Crippen molar-refractivity contribution >= 4 is 29.2 Å². The van der Waals surface area contributed by atoms with Gasteiger partial charge >= 0.3 is 0 Å². The molecule has 0 radical (unpaired) electrons. The van der Waals surface area contributed by atoms with E-state index in [2.05, 4.69) is 25.6 Å². The molecular formula is C21H21FN6O. The highest BCUT2D eigenvalue weighted by Gasteiger charge is 2.19. The molecule has 0 atom stereocenters. The molecule has 2 N–H and O–H groups in total. The fourth-order valence-corrected chi connectivity index (χ4v) is 3.41. The molecule has 0 saturated carbocycles. The topological polar surface area (TPSA) is 83.0 Å². The monoisotopic (exact) mass is 392 g/mol. The van der Waals surface area contributed by atoms with E-state index in [0.29, 0.717) is 25.0 Å². The van der Waals surface area contributed by atoms with Crippen LogP contribution in [0.4, 0.5) is 27.7 Å². The van der Waals surface area contributed by atoms with Crippen LogP contribution in [0.25, 0.3) is 0 Å². The summed E-state index contributed by atoms with van der Waals surface area (Å²) in [4.78, 5) is 26.5. The minimum Gasteiger partial charge on any atom is -0.336 e. The molecule has 1 aliphatic heterocycles. The summed E-state index contributed by atoms with van der Waals surface area (Å²) in [7, 11) is 0. The maximum Gasteiger partial charge on any atom is 0.232 e. The molecule has 0 saturated heterocycles. The fraction of sp³-hybridized carbons (Fsp3) is 0.238. The molecule has 0 spiro atoms. The Bertz CT molecular complexity index is 1070. The maximum absolute atomic E-state index is 13.4. The van der Waals surface area contributed by atoms with Crippen molar-refractivity contribution in [3.63, 3.8) is 0 Å². The molecule has 0 aliphatic carbocycles.